The molecule has 112 valence electrons. The van der Waals surface area contributed by atoms with Crippen molar-refractivity contribution in [1.82, 2.24) is 4.90 Å². The number of rotatable bonds is 4. The zero-order valence-corrected chi connectivity index (χ0v) is 11.8. The van der Waals surface area contributed by atoms with Gasteiger partial charge in [-0.2, -0.15) is 0 Å². The van der Waals surface area contributed by atoms with Gasteiger partial charge in [0.2, 0.25) is 0 Å². The van der Waals surface area contributed by atoms with Crippen molar-refractivity contribution in [2.24, 2.45) is 5.73 Å². The third-order valence-electron chi connectivity index (χ3n) is 3.41. The minimum atomic E-state index is -0.621. The average Bonchev–Trinajstić information content (AvgIpc) is 2.96. The second-order valence-corrected chi connectivity index (χ2v) is 4.76. The Hall–Kier alpha value is -2.21. The third kappa shape index (κ3) is 3.11. The summed E-state index contributed by atoms with van der Waals surface area (Å²) in [5, 5.41) is 0. The number of nitrogens with zero attached hydrogens (tertiary/aromatic N) is 1. The second kappa shape index (κ2) is 6.05. The van der Waals surface area contributed by atoms with Crippen LogP contribution in [-0.2, 0) is 6.54 Å². The van der Waals surface area contributed by atoms with Gasteiger partial charge in [0.05, 0.1) is 18.2 Å². The zero-order valence-electron chi connectivity index (χ0n) is 11.8. The minimum Gasteiger partial charge on any atom is -0.467 e. The van der Waals surface area contributed by atoms with E-state index < -0.39 is 17.7 Å². The predicted octanol–water partition coefficient (Wildman–Crippen LogP) is 2.85. The molecule has 1 unspecified atom stereocenters. The number of carbonyl (C=O) groups excluding carboxylic acids is 1. The summed E-state index contributed by atoms with van der Waals surface area (Å²) in [6.45, 7) is 1.81. The predicted molar refractivity (Wildman–Crippen MR) is 73.5 cm³/mol. The molecule has 0 aliphatic rings. The lowest BCUT2D eigenvalue weighted by Crippen LogP contribution is -2.30. The van der Waals surface area contributed by atoms with E-state index in [-0.39, 0.29) is 18.0 Å². The van der Waals surface area contributed by atoms with Crippen molar-refractivity contribution < 1.29 is 18.0 Å². The van der Waals surface area contributed by atoms with Gasteiger partial charge in [-0.15, -0.1) is 0 Å². The lowest BCUT2D eigenvalue weighted by atomic mass is 10.1. The van der Waals surface area contributed by atoms with Crippen LogP contribution in [0.5, 0.6) is 0 Å². The number of furan rings is 1. The van der Waals surface area contributed by atoms with Crippen molar-refractivity contribution in [2.75, 3.05) is 7.05 Å². The van der Waals surface area contributed by atoms with E-state index in [1.807, 2.05) is 0 Å². The molecule has 0 saturated heterocycles. The van der Waals surface area contributed by atoms with Crippen molar-refractivity contribution in [3.63, 3.8) is 0 Å². The number of hydrogen-bond donors (Lipinski definition) is 1. The Balaban J connectivity index is 2.23. The Morgan fingerprint density at radius 3 is 2.71 bits per heavy atom. The Morgan fingerprint density at radius 1 is 1.38 bits per heavy atom. The molecule has 0 spiro atoms. The SMILES string of the molecule is CC(c1cc(F)ccc1F)N(C)C(=O)c1coc(CN)c1. The first kappa shape index (κ1) is 15.2. The Morgan fingerprint density at radius 2 is 2.10 bits per heavy atom. The number of carbonyl (C=O) groups is 1. The van der Waals surface area contributed by atoms with Crippen LogP contribution in [0.4, 0.5) is 8.78 Å². The van der Waals surface area contributed by atoms with Crippen LogP contribution in [0.3, 0.4) is 0 Å². The number of hydrogen-bond acceptors (Lipinski definition) is 3. The van der Waals surface area contributed by atoms with Crippen molar-refractivity contribution >= 4 is 5.91 Å². The van der Waals surface area contributed by atoms with E-state index in [4.69, 9.17) is 10.2 Å². The normalized spacial score (nSPS) is 12.2. The van der Waals surface area contributed by atoms with Crippen molar-refractivity contribution in [1.29, 1.82) is 0 Å². The van der Waals surface area contributed by atoms with Gasteiger partial charge >= 0.3 is 0 Å². The summed E-state index contributed by atoms with van der Waals surface area (Å²) >= 11 is 0. The number of halogens is 2. The Kier molecular flexibility index (Phi) is 4.37. The minimum absolute atomic E-state index is 0.119. The first-order valence-corrected chi connectivity index (χ1v) is 6.43. The molecule has 1 atom stereocenters. The van der Waals surface area contributed by atoms with Gasteiger partial charge in [-0.3, -0.25) is 4.79 Å². The quantitative estimate of drug-likeness (QED) is 0.943. The molecular formula is C15H16F2N2O2. The van der Waals surface area contributed by atoms with E-state index in [0.29, 0.717) is 11.3 Å². The van der Waals surface area contributed by atoms with Crippen LogP contribution >= 0.6 is 0 Å². The fraction of sp³-hybridized carbons (Fsp3) is 0.267. The summed E-state index contributed by atoms with van der Waals surface area (Å²) in [5.74, 6) is -0.975. The lowest BCUT2D eigenvalue weighted by molar-refractivity contribution is 0.0739. The number of benzene rings is 1. The van der Waals surface area contributed by atoms with Gasteiger partial charge < -0.3 is 15.1 Å². The molecule has 0 aliphatic heterocycles. The molecule has 0 radical (unpaired) electrons. The molecule has 2 aromatic rings. The summed E-state index contributed by atoms with van der Waals surface area (Å²) in [6, 6.07) is 4.09. The topological polar surface area (TPSA) is 59.5 Å². The lowest BCUT2D eigenvalue weighted by Gasteiger charge is -2.25. The molecule has 0 aliphatic carbocycles. The maximum atomic E-state index is 13.8. The second-order valence-electron chi connectivity index (χ2n) is 4.76. The first-order chi connectivity index (χ1) is 9.93. The molecule has 0 saturated carbocycles. The monoisotopic (exact) mass is 294 g/mol. The molecule has 6 heteroatoms. The van der Waals surface area contributed by atoms with Gasteiger partial charge in [-0.05, 0) is 31.2 Å². The number of nitrogens with two attached hydrogens (primary N) is 1. The molecule has 2 N–H and O–H groups in total. The molecule has 2 rings (SSSR count). The Labute approximate surface area is 121 Å². The van der Waals surface area contributed by atoms with Crippen molar-refractivity contribution in [3.8, 4) is 0 Å². The van der Waals surface area contributed by atoms with Gasteiger partial charge in [0.1, 0.15) is 23.7 Å². The average molecular weight is 294 g/mol. The highest BCUT2D eigenvalue weighted by atomic mass is 19.1. The zero-order chi connectivity index (χ0) is 15.6. The van der Waals surface area contributed by atoms with E-state index in [9.17, 15) is 13.6 Å². The molecule has 0 bridgehead atoms. The third-order valence-corrected chi connectivity index (χ3v) is 3.41. The van der Waals surface area contributed by atoms with E-state index >= 15 is 0 Å². The van der Waals surface area contributed by atoms with Gasteiger partial charge in [-0.25, -0.2) is 8.78 Å². The van der Waals surface area contributed by atoms with Crippen molar-refractivity contribution in [3.05, 3.63) is 59.1 Å². The van der Waals surface area contributed by atoms with Gasteiger partial charge in [0.25, 0.3) is 5.91 Å². The number of amides is 1. The Bertz CT molecular complexity index is 655. The van der Waals surface area contributed by atoms with Crippen LogP contribution in [-0.4, -0.2) is 17.9 Å². The highest BCUT2D eigenvalue weighted by molar-refractivity contribution is 5.94. The van der Waals surface area contributed by atoms with Crippen LogP contribution in [0.15, 0.2) is 34.9 Å². The molecule has 0 fully saturated rings. The van der Waals surface area contributed by atoms with E-state index in [2.05, 4.69) is 0 Å². The smallest absolute Gasteiger partial charge is 0.257 e. The summed E-state index contributed by atoms with van der Waals surface area (Å²) in [4.78, 5) is 13.6. The van der Waals surface area contributed by atoms with Crippen LogP contribution in [0.1, 0.15) is 34.6 Å². The molecule has 21 heavy (non-hydrogen) atoms. The summed E-state index contributed by atoms with van der Waals surface area (Å²) in [6.07, 6.45) is 1.30. The maximum absolute atomic E-state index is 13.8. The standard InChI is InChI=1S/C15H16F2N2O2/c1-9(13-6-11(16)3-4-14(13)17)19(2)15(20)10-5-12(7-18)21-8-10/h3-6,8-9H,7,18H2,1-2H3. The van der Waals surface area contributed by atoms with E-state index in [1.54, 1.807) is 6.92 Å². The van der Waals surface area contributed by atoms with Crippen LogP contribution in [0, 0.1) is 11.6 Å². The highest BCUT2D eigenvalue weighted by Crippen LogP contribution is 2.24. The van der Waals surface area contributed by atoms with Crippen LogP contribution in [0.2, 0.25) is 0 Å². The van der Waals surface area contributed by atoms with Crippen LogP contribution < -0.4 is 5.73 Å². The molecule has 1 aromatic carbocycles. The van der Waals surface area contributed by atoms with Crippen molar-refractivity contribution in [2.45, 2.75) is 19.5 Å². The van der Waals surface area contributed by atoms with Gasteiger partial charge in [0.15, 0.2) is 0 Å². The summed E-state index contributed by atoms with van der Waals surface area (Å²) in [5.41, 5.74) is 5.86. The molecule has 4 nitrogen and oxygen atoms in total. The maximum Gasteiger partial charge on any atom is 0.257 e. The largest absolute Gasteiger partial charge is 0.467 e. The van der Waals surface area contributed by atoms with E-state index in [1.165, 1.54) is 24.3 Å². The summed E-state index contributed by atoms with van der Waals surface area (Å²) < 4.78 is 32.1. The fourth-order valence-electron chi connectivity index (χ4n) is 2.02. The van der Waals surface area contributed by atoms with Crippen LogP contribution in [0.25, 0.3) is 0 Å². The molecule has 1 amide bonds. The first-order valence-electron chi connectivity index (χ1n) is 6.43. The van der Waals surface area contributed by atoms with Gasteiger partial charge in [0, 0.05) is 12.6 Å². The van der Waals surface area contributed by atoms with E-state index in [0.717, 1.165) is 18.2 Å². The fourth-order valence-corrected chi connectivity index (χ4v) is 2.02. The molecule has 1 aromatic heterocycles. The molecule has 1 heterocycles. The highest BCUT2D eigenvalue weighted by Gasteiger charge is 2.23. The summed E-state index contributed by atoms with van der Waals surface area (Å²) in [7, 11) is 1.52. The van der Waals surface area contributed by atoms with Gasteiger partial charge in [-0.1, -0.05) is 0 Å². The molecular weight excluding hydrogens is 278 g/mol.